The Balaban J connectivity index is 1.49. The van der Waals surface area contributed by atoms with Gasteiger partial charge in [-0.15, -0.1) is 0 Å². The van der Waals surface area contributed by atoms with E-state index in [9.17, 15) is 0 Å². The number of hydrogen-bond acceptors (Lipinski definition) is 4. The molecule has 0 amide bonds. The maximum Gasteiger partial charge on any atom is 0.112 e. The van der Waals surface area contributed by atoms with Crippen LogP contribution in [0.4, 0.5) is 0 Å². The van der Waals surface area contributed by atoms with E-state index in [-0.39, 0.29) is 6.10 Å². The van der Waals surface area contributed by atoms with Gasteiger partial charge in [0.25, 0.3) is 0 Å². The molecule has 1 fully saturated rings. The zero-order valence-electron chi connectivity index (χ0n) is 17.9. The summed E-state index contributed by atoms with van der Waals surface area (Å²) in [5.41, 5.74) is 8.38. The zero-order valence-corrected chi connectivity index (χ0v) is 17.9. The summed E-state index contributed by atoms with van der Waals surface area (Å²) in [5.74, 6) is 0. The van der Waals surface area contributed by atoms with E-state index in [2.05, 4.69) is 73.4 Å². The first kappa shape index (κ1) is 19.8. The first-order valence-corrected chi connectivity index (χ1v) is 10.3. The normalized spacial score (nSPS) is 17.6. The van der Waals surface area contributed by atoms with Gasteiger partial charge in [0, 0.05) is 44.1 Å². The van der Waals surface area contributed by atoms with Crippen LogP contribution in [0, 0.1) is 20.8 Å². The molecule has 1 atom stereocenters. The van der Waals surface area contributed by atoms with Crippen molar-refractivity contribution in [2.75, 3.05) is 19.7 Å². The summed E-state index contributed by atoms with van der Waals surface area (Å²) in [4.78, 5) is 7.25. The van der Waals surface area contributed by atoms with Crippen molar-refractivity contribution in [2.24, 2.45) is 7.05 Å². The van der Waals surface area contributed by atoms with E-state index in [4.69, 9.17) is 9.72 Å². The number of rotatable bonds is 5. The molecule has 2 aromatic heterocycles. The van der Waals surface area contributed by atoms with Crippen LogP contribution in [0.2, 0.25) is 0 Å². The van der Waals surface area contributed by atoms with Gasteiger partial charge in [-0.3, -0.25) is 14.6 Å². The lowest BCUT2D eigenvalue weighted by Gasteiger charge is -2.32. The van der Waals surface area contributed by atoms with Crippen molar-refractivity contribution in [3.63, 3.8) is 0 Å². The molecular formula is C24H30N4O. The van der Waals surface area contributed by atoms with E-state index < -0.39 is 0 Å². The Kier molecular flexibility index (Phi) is 5.79. The molecule has 0 aliphatic carbocycles. The first-order chi connectivity index (χ1) is 14.0. The highest BCUT2D eigenvalue weighted by Gasteiger charge is 2.24. The molecule has 3 aromatic rings. The number of nitrogens with zero attached hydrogens (tertiary/aromatic N) is 4. The maximum absolute atomic E-state index is 6.12. The molecule has 3 heterocycles. The summed E-state index contributed by atoms with van der Waals surface area (Å²) >= 11 is 0. The maximum atomic E-state index is 6.12. The van der Waals surface area contributed by atoms with Crippen molar-refractivity contribution in [1.29, 1.82) is 0 Å². The lowest BCUT2D eigenvalue weighted by Crippen LogP contribution is -2.38. The molecule has 152 valence electrons. The molecule has 29 heavy (non-hydrogen) atoms. The van der Waals surface area contributed by atoms with Gasteiger partial charge >= 0.3 is 0 Å². The van der Waals surface area contributed by atoms with Gasteiger partial charge in [0.2, 0.25) is 0 Å². The van der Waals surface area contributed by atoms with Crippen LogP contribution >= 0.6 is 0 Å². The van der Waals surface area contributed by atoms with Crippen LogP contribution < -0.4 is 0 Å². The third kappa shape index (κ3) is 4.92. The van der Waals surface area contributed by atoms with E-state index in [1.807, 2.05) is 11.7 Å². The van der Waals surface area contributed by atoms with Crippen LogP contribution in [0.25, 0.3) is 0 Å². The number of benzene rings is 1. The van der Waals surface area contributed by atoms with E-state index in [1.165, 1.54) is 22.3 Å². The molecule has 0 spiro atoms. The van der Waals surface area contributed by atoms with Gasteiger partial charge in [0.15, 0.2) is 0 Å². The Bertz CT molecular complexity index is 977. The largest absolute Gasteiger partial charge is 0.369 e. The first-order valence-electron chi connectivity index (χ1n) is 10.3. The Labute approximate surface area is 173 Å². The van der Waals surface area contributed by atoms with Crippen molar-refractivity contribution in [2.45, 2.75) is 39.8 Å². The van der Waals surface area contributed by atoms with Gasteiger partial charge in [-0.25, -0.2) is 0 Å². The van der Waals surface area contributed by atoms with Crippen LogP contribution in [-0.4, -0.2) is 39.4 Å². The van der Waals surface area contributed by atoms with Crippen LogP contribution in [0.3, 0.4) is 0 Å². The Morgan fingerprint density at radius 1 is 1.07 bits per heavy atom. The van der Waals surface area contributed by atoms with Crippen molar-refractivity contribution < 1.29 is 4.74 Å². The third-order valence-corrected chi connectivity index (χ3v) is 5.55. The number of ether oxygens (including phenoxy) is 1. The summed E-state index contributed by atoms with van der Waals surface area (Å²) in [6, 6.07) is 13.2. The molecule has 0 bridgehead atoms. The summed E-state index contributed by atoms with van der Waals surface area (Å²) in [6.07, 6.45) is 3.05. The van der Waals surface area contributed by atoms with Crippen LogP contribution in [0.15, 0.2) is 42.6 Å². The minimum Gasteiger partial charge on any atom is -0.369 e. The van der Waals surface area contributed by atoms with E-state index >= 15 is 0 Å². The average Bonchev–Trinajstić information content (AvgIpc) is 3.00. The average molecular weight is 391 g/mol. The van der Waals surface area contributed by atoms with Gasteiger partial charge in [0.05, 0.1) is 18.0 Å². The van der Waals surface area contributed by atoms with Crippen molar-refractivity contribution >= 4 is 0 Å². The van der Waals surface area contributed by atoms with Gasteiger partial charge in [-0.05, 0) is 50.5 Å². The SMILES string of the molecule is Cc1ccc(Cc2cc(C)nc([C@@H]3CN(Cc4cn(C)nc4C)CCO3)c2)cc1. The highest BCUT2D eigenvalue weighted by atomic mass is 16.5. The third-order valence-electron chi connectivity index (χ3n) is 5.55. The second kappa shape index (κ2) is 8.47. The topological polar surface area (TPSA) is 43.2 Å². The van der Waals surface area contributed by atoms with E-state index in [0.29, 0.717) is 0 Å². The molecule has 1 aliphatic heterocycles. The van der Waals surface area contributed by atoms with Gasteiger partial charge < -0.3 is 4.74 Å². The predicted octanol–water partition coefficient (Wildman–Crippen LogP) is 3.90. The Morgan fingerprint density at radius 3 is 2.59 bits per heavy atom. The standard InChI is InChI=1S/C24H30N4O/c1-17-5-7-20(8-6-17)12-21-11-18(2)25-23(13-21)24-16-28(9-10-29-24)15-22-14-27(4)26-19(22)3/h5-8,11,13-14,24H,9-10,12,15-16H2,1-4H3/t24-/m0/s1. The number of morpholine rings is 1. The summed E-state index contributed by atoms with van der Waals surface area (Å²) in [6.45, 7) is 9.70. The molecular weight excluding hydrogens is 360 g/mol. The molecule has 5 nitrogen and oxygen atoms in total. The number of aryl methyl sites for hydroxylation is 4. The summed E-state index contributed by atoms with van der Waals surface area (Å²) < 4.78 is 8.01. The number of pyridine rings is 1. The van der Waals surface area contributed by atoms with Gasteiger partial charge in [-0.1, -0.05) is 29.8 Å². The molecule has 1 aromatic carbocycles. The molecule has 4 rings (SSSR count). The van der Waals surface area contributed by atoms with Gasteiger partial charge in [-0.2, -0.15) is 5.10 Å². The number of hydrogen-bond donors (Lipinski definition) is 0. The molecule has 0 radical (unpaired) electrons. The van der Waals surface area contributed by atoms with Crippen LogP contribution in [-0.2, 0) is 24.8 Å². The zero-order chi connectivity index (χ0) is 20.4. The molecule has 1 aliphatic rings. The monoisotopic (exact) mass is 390 g/mol. The van der Waals surface area contributed by atoms with Crippen molar-refractivity contribution in [1.82, 2.24) is 19.7 Å². The predicted molar refractivity (Wildman–Crippen MR) is 115 cm³/mol. The summed E-state index contributed by atoms with van der Waals surface area (Å²) in [7, 11) is 1.98. The second-order valence-corrected chi connectivity index (χ2v) is 8.21. The van der Waals surface area contributed by atoms with Crippen LogP contribution in [0.1, 0.15) is 45.4 Å². The lowest BCUT2D eigenvalue weighted by atomic mass is 10.0. The molecule has 0 N–H and O–H groups in total. The molecule has 1 saturated heterocycles. The minimum absolute atomic E-state index is 0.0115. The van der Waals surface area contributed by atoms with Crippen LogP contribution in [0.5, 0.6) is 0 Å². The fourth-order valence-corrected chi connectivity index (χ4v) is 4.05. The Morgan fingerprint density at radius 2 is 1.86 bits per heavy atom. The quantitative estimate of drug-likeness (QED) is 0.663. The molecule has 5 heteroatoms. The highest BCUT2D eigenvalue weighted by molar-refractivity contribution is 5.31. The lowest BCUT2D eigenvalue weighted by molar-refractivity contribution is -0.0351. The van der Waals surface area contributed by atoms with E-state index in [1.54, 1.807) is 0 Å². The number of aromatic nitrogens is 3. The fourth-order valence-electron chi connectivity index (χ4n) is 4.05. The van der Waals surface area contributed by atoms with Crippen molar-refractivity contribution in [3.05, 3.63) is 81.9 Å². The Hall–Kier alpha value is -2.50. The smallest absolute Gasteiger partial charge is 0.112 e. The van der Waals surface area contributed by atoms with Crippen molar-refractivity contribution in [3.8, 4) is 0 Å². The highest BCUT2D eigenvalue weighted by Crippen LogP contribution is 2.24. The minimum atomic E-state index is 0.0115. The fraction of sp³-hybridized carbons (Fsp3) is 0.417. The second-order valence-electron chi connectivity index (χ2n) is 8.21. The summed E-state index contributed by atoms with van der Waals surface area (Å²) in [5, 5.41) is 4.47. The molecule has 0 saturated carbocycles. The van der Waals surface area contributed by atoms with E-state index in [0.717, 1.165) is 49.7 Å². The van der Waals surface area contributed by atoms with Gasteiger partial charge in [0.1, 0.15) is 6.10 Å². The molecule has 0 unspecified atom stereocenters.